The Balaban J connectivity index is 1.54. The smallest absolute Gasteiger partial charge is 0.259 e. The van der Waals surface area contributed by atoms with E-state index in [4.69, 9.17) is 4.98 Å². The number of rotatable bonds is 6. The van der Waals surface area contributed by atoms with Crippen molar-refractivity contribution in [3.05, 3.63) is 92.6 Å². The third-order valence-corrected chi connectivity index (χ3v) is 7.93. The van der Waals surface area contributed by atoms with Gasteiger partial charge in [0.1, 0.15) is 16.5 Å². The van der Waals surface area contributed by atoms with E-state index in [2.05, 4.69) is 15.2 Å². The van der Waals surface area contributed by atoms with E-state index in [1.54, 1.807) is 18.2 Å². The molecule has 0 spiro atoms. The molecule has 0 aliphatic heterocycles. The predicted octanol–water partition coefficient (Wildman–Crippen LogP) is 5.90. The summed E-state index contributed by atoms with van der Waals surface area (Å²) in [5.74, 6) is 0.678. The summed E-state index contributed by atoms with van der Waals surface area (Å²) >= 11 is 2.95. The highest BCUT2D eigenvalue weighted by atomic mass is 32.2. The van der Waals surface area contributed by atoms with Gasteiger partial charge in [-0.1, -0.05) is 54.2 Å². The summed E-state index contributed by atoms with van der Waals surface area (Å²) in [5, 5.41) is 9.79. The number of aromatic amines is 1. The van der Waals surface area contributed by atoms with E-state index in [9.17, 15) is 9.18 Å². The van der Waals surface area contributed by atoms with E-state index >= 15 is 0 Å². The van der Waals surface area contributed by atoms with Crippen molar-refractivity contribution in [3.8, 4) is 11.4 Å². The number of hydrogen-bond acceptors (Lipinski definition) is 6. The molecule has 0 aliphatic rings. The van der Waals surface area contributed by atoms with Gasteiger partial charge in [-0.05, 0) is 44.0 Å². The Morgan fingerprint density at radius 2 is 1.82 bits per heavy atom. The molecule has 0 saturated heterocycles. The largest absolute Gasteiger partial charge is 0.309 e. The second-order valence-corrected chi connectivity index (χ2v) is 10.5. The highest BCUT2D eigenvalue weighted by Crippen LogP contribution is 2.36. The predicted molar refractivity (Wildman–Crippen MR) is 135 cm³/mol. The first-order valence-corrected chi connectivity index (χ1v) is 12.5. The maximum Gasteiger partial charge on any atom is 0.259 e. The van der Waals surface area contributed by atoms with Gasteiger partial charge in [-0.25, -0.2) is 9.37 Å². The van der Waals surface area contributed by atoms with Gasteiger partial charge in [-0.15, -0.1) is 21.5 Å². The standard InChI is InChI=1S/C25H22FN5OS2/c1-14-15(2)33-24-20(14)23(32)27-21(28-24)16(3)34-25-30-29-22(18-11-7-8-12-19(18)26)31(25)13-17-9-5-4-6-10-17/h4-12,16H,13H2,1-3H3,(H,27,28,32)/t16-/m0/s1. The molecule has 3 aromatic heterocycles. The number of H-pyrrole nitrogens is 1. The third-order valence-electron chi connectivity index (χ3n) is 5.74. The van der Waals surface area contributed by atoms with Gasteiger partial charge in [-0.2, -0.15) is 0 Å². The highest BCUT2D eigenvalue weighted by Gasteiger charge is 2.22. The van der Waals surface area contributed by atoms with E-state index < -0.39 is 0 Å². The first-order valence-electron chi connectivity index (χ1n) is 10.8. The summed E-state index contributed by atoms with van der Waals surface area (Å²) in [6.45, 7) is 6.39. The lowest BCUT2D eigenvalue weighted by Gasteiger charge is -2.14. The number of thiophene rings is 1. The van der Waals surface area contributed by atoms with Gasteiger partial charge < -0.3 is 4.98 Å². The second-order valence-electron chi connectivity index (χ2n) is 8.03. The van der Waals surface area contributed by atoms with Crippen LogP contribution in [0.25, 0.3) is 21.6 Å². The average molecular weight is 492 g/mol. The summed E-state index contributed by atoms with van der Waals surface area (Å²) in [7, 11) is 0. The number of nitrogens with one attached hydrogen (secondary N) is 1. The molecule has 1 atom stereocenters. The average Bonchev–Trinajstić information content (AvgIpc) is 3.34. The number of aromatic nitrogens is 5. The van der Waals surface area contributed by atoms with Crippen LogP contribution in [0, 0.1) is 19.7 Å². The fourth-order valence-corrected chi connectivity index (χ4v) is 5.75. The minimum atomic E-state index is -0.353. The maximum atomic E-state index is 14.6. The summed E-state index contributed by atoms with van der Waals surface area (Å²) in [6, 6.07) is 16.5. The number of aryl methyl sites for hydroxylation is 2. The van der Waals surface area contributed by atoms with Crippen LogP contribution in [0.2, 0.25) is 0 Å². The minimum Gasteiger partial charge on any atom is -0.309 e. The molecule has 2 aromatic carbocycles. The Kier molecular flexibility index (Phi) is 6.05. The van der Waals surface area contributed by atoms with Gasteiger partial charge in [0.15, 0.2) is 11.0 Å². The Bertz CT molecular complexity index is 1540. The third kappa shape index (κ3) is 4.17. The van der Waals surface area contributed by atoms with Crippen molar-refractivity contribution in [3.63, 3.8) is 0 Å². The first-order chi connectivity index (χ1) is 16.4. The lowest BCUT2D eigenvalue weighted by atomic mass is 10.2. The Morgan fingerprint density at radius 1 is 1.09 bits per heavy atom. The molecule has 0 bridgehead atoms. The van der Waals surface area contributed by atoms with Gasteiger partial charge in [0.05, 0.1) is 22.7 Å². The fourth-order valence-electron chi connectivity index (χ4n) is 3.80. The molecular weight excluding hydrogens is 469 g/mol. The van der Waals surface area contributed by atoms with Crippen LogP contribution in [0.3, 0.4) is 0 Å². The highest BCUT2D eigenvalue weighted by molar-refractivity contribution is 7.99. The van der Waals surface area contributed by atoms with Crippen LogP contribution in [-0.2, 0) is 6.54 Å². The second kappa shape index (κ2) is 9.15. The summed E-state index contributed by atoms with van der Waals surface area (Å²) in [5.41, 5.74) is 2.28. The fraction of sp³-hybridized carbons (Fsp3) is 0.200. The van der Waals surface area contributed by atoms with E-state index in [1.165, 1.54) is 29.2 Å². The minimum absolute atomic E-state index is 0.132. The number of halogens is 1. The molecule has 9 heteroatoms. The van der Waals surface area contributed by atoms with Crippen LogP contribution >= 0.6 is 23.1 Å². The van der Waals surface area contributed by atoms with Gasteiger partial charge in [0.25, 0.3) is 5.56 Å². The van der Waals surface area contributed by atoms with Crippen molar-refractivity contribution >= 4 is 33.3 Å². The van der Waals surface area contributed by atoms with Gasteiger partial charge >= 0.3 is 0 Å². The number of fused-ring (bicyclic) bond motifs is 1. The van der Waals surface area contributed by atoms with Gasteiger partial charge in [0, 0.05) is 4.88 Å². The van der Waals surface area contributed by atoms with Crippen LogP contribution in [0.4, 0.5) is 4.39 Å². The number of nitrogens with zero attached hydrogens (tertiary/aromatic N) is 4. The van der Waals surface area contributed by atoms with E-state index in [-0.39, 0.29) is 16.6 Å². The van der Waals surface area contributed by atoms with Crippen molar-refractivity contribution < 1.29 is 4.39 Å². The topological polar surface area (TPSA) is 76.5 Å². The molecule has 6 nitrogen and oxygen atoms in total. The van der Waals surface area contributed by atoms with Crippen molar-refractivity contribution in [1.29, 1.82) is 0 Å². The molecule has 0 radical (unpaired) electrons. The number of thioether (sulfide) groups is 1. The Hall–Kier alpha value is -3.30. The molecule has 5 aromatic rings. The van der Waals surface area contributed by atoms with Crippen molar-refractivity contribution in [2.45, 2.75) is 37.7 Å². The Morgan fingerprint density at radius 3 is 2.59 bits per heavy atom. The molecule has 5 rings (SSSR count). The quantitative estimate of drug-likeness (QED) is 0.299. The molecule has 172 valence electrons. The van der Waals surface area contributed by atoms with Crippen LogP contribution in [0.1, 0.15) is 34.0 Å². The molecule has 0 fully saturated rings. The van der Waals surface area contributed by atoms with Crippen LogP contribution in [-0.4, -0.2) is 24.7 Å². The molecule has 0 unspecified atom stereocenters. The molecular formula is C25H22FN5OS2. The molecule has 0 aliphatic carbocycles. The first kappa shape index (κ1) is 22.5. The van der Waals surface area contributed by atoms with E-state index in [0.29, 0.717) is 34.3 Å². The molecule has 0 amide bonds. The normalized spacial score (nSPS) is 12.4. The SMILES string of the molecule is Cc1sc2nc([C@H](C)Sc3nnc(-c4ccccc4F)n3Cc3ccccc3)[nH]c(=O)c2c1C. The number of hydrogen-bond donors (Lipinski definition) is 1. The Labute approximate surface area is 203 Å². The molecule has 34 heavy (non-hydrogen) atoms. The van der Waals surface area contributed by atoms with Gasteiger partial charge in [0.2, 0.25) is 0 Å². The maximum absolute atomic E-state index is 14.6. The monoisotopic (exact) mass is 491 g/mol. The van der Waals surface area contributed by atoms with E-state index in [1.807, 2.05) is 55.7 Å². The molecule has 0 saturated carbocycles. The zero-order chi connectivity index (χ0) is 23.8. The van der Waals surface area contributed by atoms with Crippen molar-refractivity contribution in [1.82, 2.24) is 24.7 Å². The zero-order valence-corrected chi connectivity index (χ0v) is 20.5. The molecule has 1 N–H and O–H groups in total. The van der Waals surface area contributed by atoms with Crippen molar-refractivity contribution in [2.24, 2.45) is 0 Å². The van der Waals surface area contributed by atoms with Gasteiger partial charge in [-0.3, -0.25) is 9.36 Å². The lowest BCUT2D eigenvalue weighted by molar-refractivity contribution is 0.626. The summed E-state index contributed by atoms with van der Waals surface area (Å²) < 4.78 is 16.5. The number of benzene rings is 2. The summed E-state index contributed by atoms with van der Waals surface area (Å²) in [6.07, 6.45) is 0. The van der Waals surface area contributed by atoms with Crippen LogP contribution in [0.5, 0.6) is 0 Å². The van der Waals surface area contributed by atoms with Crippen LogP contribution in [0.15, 0.2) is 64.5 Å². The summed E-state index contributed by atoms with van der Waals surface area (Å²) in [4.78, 5) is 22.2. The lowest BCUT2D eigenvalue weighted by Crippen LogP contribution is -2.13. The zero-order valence-electron chi connectivity index (χ0n) is 18.9. The van der Waals surface area contributed by atoms with Crippen molar-refractivity contribution in [2.75, 3.05) is 0 Å². The van der Waals surface area contributed by atoms with E-state index in [0.717, 1.165) is 20.8 Å². The van der Waals surface area contributed by atoms with Crippen LogP contribution < -0.4 is 5.56 Å². The molecule has 3 heterocycles.